The number of aliphatic hydroxyl groups excluding tert-OH is 1. The highest BCUT2D eigenvalue weighted by Crippen LogP contribution is 2.28. The second-order valence-electron chi connectivity index (χ2n) is 4.57. The number of benzene rings is 2. The van der Waals surface area contributed by atoms with Crippen LogP contribution < -0.4 is 4.74 Å². The van der Waals surface area contributed by atoms with Gasteiger partial charge in [0.1, 0.15) is 18.7 Å². The fourth-order valence-corrected chi connectivity index (χ4v) is 2.19. The maximum absolute atomic E-state index is 9.62. The van der Waals surface area contributed by atoms with E-state index in [1.54, 1.807) is 10.9 Å². The van der Waals surface area contributed by atoms with Crippen LogP contribution in [0.3, 0.4) is 0 Å². The molecule has 0 unspecified atom stereocenters. The summed E-state index contributed by atoms with van der Waals surface area (Å²) in [4.78, 5) is 0. The molecule has 3 rings (SSSR count). The maximum atomic E-state index is 9.62. The van der Waals surface area contributed by atoms with Crippen LogP contribution in [-0.4, -0.2) is 19.9 Å². The smallest absolute Gasteiger partial charge is 0.170 e. The van der Waals surface area contributed by atoms with Crippen molar-refractivity contribution in [3.8, 4) is 5.75 Å². The molecule has 1 heterocycles. The second kappa shape index (κ2) is 5.30. The number of aliphatic hydroxyl groups is 1. The van der Waals surface area contributed by atoms with Gasteiger partial charge in [-0.05, 0) is 16.8 Å². The third kappa shape index (κ3) is 2.23. The Bertz CT molecular complexity index is 737. The van der Waals surface area contributed by atoms with Gasteiger partial charge in [0, 0.05) is 12.6 Å². The highest BCUT2D eigenvalue weighted by atomic mass is 16.5. The first-order chi connectivity index (χ1) is 9.79. The van der Waals surface area contributed by atoms with Gasteiger partial charge in [0.05, 0.1) is 6.61 Å². The van der Waals surface area contributed by atoms with Crippen molar-refractivity contribution in [2.75, 3.05) is 0 Å². The third-order valence-electron chi connectivity index (χ3n) is 3.32. The molecule has 0 aliphatic rings. The van der Waals surface area contributed by atoms with Crippen molar-refractivity contribution in [2.24, 2.45) is 7.05 Å². The molecule has 0 atom stereocenters. The van der Waals surface area contributed by atoms with Crippen molar-refractivity contribution in [3.05, 3.63) is 54.1 Å². The van der Waals surface area contributed by atoms with Gasteiger partial charge in [0.15, 0.2) is 5.82 Å². The van der Waals surface area contributed by atoms with Crippen LogP contribution in [0.2, 0.25) is 0 Å². The van der Waals surface area contributed by atoms with Crippen LogP contribution in [0.1, 0.15) is 11.4 Å². The van der Waals surface area contributed by atoms with Crippen molar-refractivity contribution >= 4 is 10.8 Å². The molecule has 0 radical (unpaired) electrons. The molecule has 0 bridgehead atoms. The highest BCUT2D eigenvalue weighted by Gasteiger charge is 2.09. The van der Waals surface area contributed by atoms with E-state index in [1.807, 2.05) is 43.4 Å². The molecule has 1 N–H and O–H groups in total. The van der Waals surface area contributed by atoms with Crippen LogP contribution in [0.15, 0.2) is 42.7 Å². The minimum atomic E-state index is -0.0600. The van der Waals surface area contributed by atoms with Crippen molar-refractivity contribution in [3.63, 3.8) is 0 Å². The zero-order valence-corrected chi connectivity index (χ0v) is 11.2. The fourth-order valence-electron chi connectivity index (χ4n) is 2.19. The summed E-state index contributed by atoms with van der Waals surface area (Å²) < 4.78 is 7.58. The molecule has 0 amide bonds. The Balaban J connectivity index is 1.93. The molecule has 102 valence electrons. The number of rotatable bonds is 4. The molecule has 0 aliphatic carbocycles. The molecular weight excluding hydrogens is 254 g/mol. The molecule has 0 fully saturated rings. The minimum Gasteiger partial charge on any atom is -0.485 e. The van der Waals surface area contributed by atoms with E-state index in [-0.39, 0.29) is 6.61 Å². The number of hydrogen-bond acceptors (Lipinski definition) is 4. The normalized spacial score (nSPS) is 10.9. The van der Waals surface area contributed by atoms with Gasteiger partial charge in [-0.2, -0.15) is 0 Å². The molecule has 0 saturated carbocycles. The largest absolute Gasteiger partial charge is 0.485 e. The summed E-state index contributed by atoms with van der Waals surface area (Å²) in [6.45, 7) is 0.261. The Kier molecular flexibility index (Phi) is 3.35. The Morgan fingerprint density at radius 3 is 2.80 bits per heavy atom. The molecule has 0 spiro atoms. The van der Waals surface area contributed by atoms with Crippen molar-refractivity contribution < 1.29 is 9.84 Å². The van der Waals surface area contributed by atoms with E-state index < -0.39 is 0 Å². The molecular formula is C15H15N3O2. The predicted octanol–water partition coefficient (Wildman–Crippen LogP) is 2.04. The van der Waals surface area contributed by atoms with Crippen molar-refractivity contribution in [1.82, 2.24) is 14.8 Å². The Labute approximate surface area is 116 Å². The summed E-state index contributed by atoms with van der Waals surface area (Å²) in [5, 5.41) is 19.5. The number of nitrogens with zero attached hydrogens (tertiary/aromatic N) is 3. The van der Waals surface area contributed by atoms with Gasteiger partial charge in [-0.1, -0.05) is 30.3 Å². The Hall–Kier alpha value is -2.40. The van der Waals surface area contributed by atoms with E-state index in [4.69, 9.17) is 4.74 Å². The maximum Gasteiger partial charge on any atom is 0.170 e. The third-order valence-corrected chi connectivity index (χ3v) is 3.32. The zero-order valence-electron chi connectivity index (χ0n) is 11.2. The van der Waals surface area contributed by atoms with Crippen LogP contribution in [0.25, 0.3) is 10.8 Å². The van der Waals surface area contributed by atoms with Crippen LogP contribution in [-0.2, 0) is 20.3 Å². The van der Waals surface area contributed by atoms with Crippen LogP contribution in [0.5, 0.6) is 5.75 Å². The molecule has 5 heteroatoms. The lowest BCUT2D eigenvalue weighted by molar-refractivity contribution is 0.256. The first kappa shape index (κ1) is 12.6. The van der Waals surface area contributed by atoms with Crippen LogP contribution in [0, 0.1) is 0 Å². The summed E-state index contributed by atoms with van der Waals surface area (Å²) in [5.74, 6) is 1.41. The lowest BCUT2D eigenvalue weighted by Crippen LogP contribution is -2.04. The molecule has 2 aromatic carbocycles. The van der Waals surface area contributed by atoms with Gasteiger partial charge < -0.3 is 14.4 Å². The van der Waals surface area contributed by atoms with Gasteiger partial charge in [-0.15, -0.1) is 10.2 Å². The molecule has 0 aliphatic heterocycles. The summed E-state index contributed by atoms with van der Waals surface area (Å²) in [6, 6.07) is 11.8. The predicted molar refractivity (Wildman–Crippen MR) is 75.2 cm³/mol. The van der Waals surface area contributed by atoms with E-state index in [9.17, 15) is 5.11 Å². The number of fused-ring (bicyclic) bond motifs is 1. The summed E-state index contributed by atoms with van der Waals surface area (Å²) in [6.07, 6.45) is 1.63. The van der Waals surface area contributed by atoms with Gasteiger partial charge in [-0.3, -0.25) is 0 Å². The summed E-state index contributed by atoms with van der Waals surface area (Å²) in [7, 11) is 1.87. The quantitative estimate of drug-likeness (QED) is 0.787. The number of ether oxygens (including phenoxy) is 1. The van der Waals surface area contributed by atoms with Gasteiger partial charge in [-0.25, -0.2) is 0 Å². The van der Waals surface area contributed by atoms with E-state index in [2.05, 4.69) is 10.2 Å². The molecule has 0 saturated heterocycles. The van der Waals surface area contributed by atoms with E-state index in [0.717, 1.165) is 22.2 Å². The van der Waals surface area contributed by atoms with E-state index >= 15 is 0 Å². The second-order valence-corrected chi connectivity index (χ2v) is 4.57. The zero-order chi connectivity index (χ0) is 13.9. The topological polar surface area (TPSA) is 60.2 Å². The first-order valence-electron chi connectivity index (χ1n) is 6.36. The molecule has 5 nitrogen and oxygen atoms in total. The summed E-state index contributed by atoms with van der Waals surface area (Å²) in [5.41, 5.74) is 0.797. The Morgan fingerprint density at radius 2 is 2.05 bits per heavy atom. The van der Waals surface area contributed by atoms with Gasteiger partial charge >= 0.3 is 0 Å². The summed E-state index contributed by atoms with van der Waals surface area (Å²) >= 11 is 0. The fraction of sp³-hybridized carbons (Fsp3) is 0.200. The number of aromatic nitrogens is 3. The molecule has 20 heavy (non-hydrogen) atoms. The Morgan fingerprint density at radius 1 is 1.20 bits per heavy atom. The van der Waals surface area contributed by atoms with Gasteiger partial charge in [0.2, 0.25) is 0 Å². The van der Waals surface area contributed by atoms with Crippen LogP contribution in [0.4, 0.5) is 0 Å². The monoisotopic (exact) mass is 269 g/mol. The van der Waals surface area contributed by atoms with Gasteiger partial charge in [0.25, 0.3) is 0 Å². The number of aryl methyl sites for hydroxylation is 1. The average molecular weight is 269 g/mol. The lowest BCUT2D eigenvalue weighted by atomic mass is 10.0. The molecule has 3 aromatic rings. The van der Waals surface area contributed by atoms with Crippen molar-refractivity contribution in [1.29, 1.82) is 0 Å². The van der Waals surface area contributed by atoms with Crippen LogP contribution >= 0.6 is 0 Å². The first-order valence-corrected chi connectivity index (χ1v) is 6.36. The van der Waals surface area contributed by atoms with Crippen molar-refractivity contribution in [2.45, 2.75) is 13.2 Å². The number of hydrogen-bond donors (Lipinski definition) is 1. The lowest BCUT2D eigenvalue weighted by Gasteiger charge is -2.12. The molecule has 1 aromatic heterocycles. The minimum absolute atomic E-state index is 0.0600. The average Bonchev–Trinajstić information content (AvgIpc) is 2.89. The highest BCUT2D eigenvalue weighted by molar-refractivity contribution is 5.87. The van der Waals surface area contributed by atoms with E-state index in [1.165, 1.54) is 0 Å². The van der Waals surface area contributed by atoms with E-state index in [0.29, 0.717) is 12.4 Å². The SMILES string of the molecule is Cn1cnnc1COc1ccc2ccccc2c1CO. The standard InChI is InChI=1S/C15H15N3O2/c1-18-10-16-17-15(18)9-20-14-7-6-11-4-2-3-5-12(11)13(14)8-19/h2-7,10,19H,8-9H2,1H3.